The van der Waals surface area contributed by atoms with Gasteiger partial charge in [0.1, 0.15) is 0 Å². The highest BCUT2D eigenvalue weighted by Gasteiger charge is 2.08. The molecular formula is C12H11Cl3N2O. The van der Waals surface area contributed by atoms with Crippen LogP contribution in [0, 0.1) is 0 Å². The average Bonchev–Trinajstić information content (AvgIpc) is 2.79. The molecule has 0 aliphatic heterocycles. The minimum atomic E-state index is 0.528. The van der Waals surface area contributed by atoms with Crippen molar-refractivity contribution in [3.8, 4) is 0 Å². The van der Waals surface area contributed by atoms with Crippen LogP contribution in [0.15, 0.2) is 22.7 Å². The van der Waals surface area contributed by atoms with Crippen molar-refractivity contribution in [1.82, 2.24) is 10.1 Å². The Hall–Kier alpha value is -0.770. The molecule has 0 aliphatic carbocycles. The summed E-state index contributed by atoms with van der Waals surface area (Å²) in [6, 6.07) is 5.45. The van der Waals surface area contributed by atoms with Gasteiger partial charge in [0.05, 0.1) is 10.0 Å². The quantitative estimate of drug-likeness (QED) is 0.779. The molecule has 0 saturated heterocycles. The first kappa shape index (κ1) is 13.7. The lowest BCUT2D eigenvalue weighted by molar-refractivity contribution is 0.373. The molecule has 0 unspecified atom stereocenters. The van der Waals surface area contributed by atoms with E-state index in [2.05, 4.69) is 10.1 Å². The fraction of sp³-hybridized carbons (Fsp3) is 0.333. The summed E-state index contributed by atoms with van der Waals surface area (Å²) in [5.41, 5.74) is 0.995. The third-order valence-electron chi connectivity index (χ3n) is 2.38. The summed E-state index contributed by atoms with van der Waals surface area (Å²) in [6.07, 6.45) is 2.11. The minimum absolute atomic E-state index is 0.528. The Morgan fingerprint density at radius 1 is 1.17 bits per heavy atom. The van der Waals surface area contributed by atoms with Crippen molar-refractivity contribution in [2.45, 2.75) is 19.3 Å². The van der Waals surface area contributed by atoms with Crippen LogP contribution in [0.2, 0.25) is 10.0 Å². The second-order valence-corrected chi connectivity index (χ2v) is 5.01. The number of rotatable bonds is 5. The summed E-state index contributed by atoms with van der Waals surface area (Å²) in [6.45, 7) is 0. The van der Waals surface area contributed by atoms with Crippen LogP contribution in [0.4, 0.5) is 0 Å². The molecule has 18 heavy (non-hydrogen) atoms. The first-order chi connectivity index (χ1) is 8.69. The number of aryl methyl sites for hydroxylation is 1. The first-order valence-electron chi connectivity index (χ1n) is 5.50. The molecule has 0 bridgehead atoms. The lowest BCUT2D eigenvalue weighted by atomic mass is 10.1. The van der Waals surface area contributed by atoms with Gasteiger partial charge in [0.25, 0.3) is 0 Å². The smallest absolute Gasteiger partial charge is 0.226 e. The summed E-state index contributed by atoms with van der Waals surface area (Å²) < 4.78 is 5.11. The summed E-state index contributed by atoms with van der Waals surface area (Å²) in [5.74, 6) is 1.84. The summed E-state index contributed by atoms with van der Waals surface area (Å²) in [7, 11) is 0. The van der Waals surface area contributed by atoms with Gasteiger partial charge in [0, 0.05) is 18.7 Å². The van der Waals surface area contributed by atoms with Gasteiger partial charge in [-0.3, -0.25) is 0 Å². The predicted molar refractivity (Wildman–Crippen MR) is 72.6 cm³/mol. The van der Waals surface area contributed by atoms with Crippen LogP contribution >= 0.6 is 34.8 Å². The van der Waals surface area contributed by atoms with E-state index in [0.717, 1.165) is 12.0 Å². The van der Waals surface area contributed by atoms with Gasteiger partial charge >= 0.3 is 0 Å². The molecule has 1 aromatic heterocycles. The molecule has 6 heteroatoms. The number of halogens is 3. The van der Waals surface area contributed by atoms with E-state index < -0.39 is 0 Å². The molecule has 0 N–H and O–H groups in total. The number of nitrogens with zero attached hydrogens (tertiary/aromatic N) is 2. The van der Waals surface area contributed by atoms with Gasteiger partial charge in [0.2, 0.25) is 5.89 Å². The Labute approximate surface area is 120 Å². The zero-order valence-electron chi connectivity index (χ0n) is 9.50. The predicted octanol–water partition coefficient (Wildman–Crippen LogP) is 4.14. The van der Waals surface area contributed by atoms with Crippen LogP contribution in [-0.4, -0.2) is 16.0 Å². The molecule has 2 rings (SSSR count). The lowest BCUT2D eigenvalue weighted by Gasteiger charge is -1.99. The number of hydrogen-bond acceptors (Lipinski definition) is 3. The Bertz CT molecular complexity index is 528. The molecule has 0 spiro atoms. The number of aromatic nitrogens is 2. The van der Waals surface area contributed by atoms with Crippen molar-refractivity contribution < 1.29 is 4.52 Å². The molecule has 0 saturated carbocycles. The summed E-state index contributed by atoms with van der Waals surface area (Å²) in [4.78, 5) is 4.28. The van der Waals surface area contributed by atoms with Gasteiger partial charge in [-0.25, -0.2) is 0 Å². The Morgan fingerprint density at radius 2 is 2.00 bits per heavy atom. The standard InChI is InChI=1S/C12H11Cl3N2O/c13-5-1-2-12-16-11(17-18-12)7-8-3-4-9(14)10(15)6-8/h3-4,6H,1-2,5,7H2. The van der Waals surface area contributed by atoms with Crippen LogP contribution in [0.1, 0.15) is 23.7 Å². The second kappa shape index (κ2) is 6.41. The van der Waals surface area contributed by atoms with Gasteiger partial charge in [-0.15, -0.1) is 11.6 Å². The molecule has 0 radical (unpaired) electrons. The Morgan fingerprint density at radius 3 is 2.72 bits per heavy atom. The van der Waals surface area contributed by atoms with Crippen LogP contribution in [-0.2, 0) is 12.8 Å². The second-order valence-electron chi connectivity index (χ2n) is 3.82. The molecule has 0 aliphatic rings. The van der Waals surface area contributed by atoms with E-state index in [1.54, 1.807) is 12.1 Å². The average molecular weight is 306 g/mol. The molecule has 2 aromatic rings. The van der Waals surface area contributed by atoms with Crippen LogP contribution in [0.3, 0.4) is 0 Å². The van der Waals surface area contributed by atoms with E-state index in [1.807, 2.05) is 6.07 Å². The number of benzene rings is 1. The zero-order chi connectivity index (χ0) is 13.0. The fourth-order valence-corrected chi connectivity index (χ4v) is 1.97. The minimum Gasteiger partial charge on any atom is -0.339 e. The van der Waals surface area contributed by atoms with Crippen LogP contribution in [0.25, 0.3) is 0 Å². The van der Waals surface area contributed by atoms with E-state index in [4.69, 9.17) is 39.3 Å². The van der Waals surface area contributed by atoms with Gasteiger partial charge < -0.3 is 4.52 Å². The van der Waals surface area contributed by atoms with Gasteiger partial charge in [0.15, 0.2) is 5.82 Å². The van der Waals surface area contributed by atoms with E-state index in [1.165, 1.54) is 0 Å². The summed E-state index contributed by atoms with van der Waals surface area (Å²) >= 11 is 17.4. The first-order valence-corrected chi connectivity index (χ1v) is 6.79. The largest absolute Gasteiger partial charge is 0.339 e. The fourth-order valence-electron chi connectivity index (χ4n) is 1.51. The summed E-state index contributed by atoms with van der Waals surface area (Å²) in [5, 5.41) is 4.98. The zero-order valence-corrected chi connectivity index (χ0v) is 11.8. The molecule has 0 fully saturated rings. The third-order valence-corrected chi connectivity index (χ3v) is 3.39. The highest BCUT2D eigenvalue weighted by Crippen LogP contribution is 2.23. The topological polar surface area (TPSA) is 38.9 Å². The monoisotopic (exact) mass is 304 g/mol. The van der Waals surface area contributed by atoms with Crippen molar-refractivity contribution in [3.05, 3.63) is 45.5 Å². The molecule has 3 nitrogen and oxygen atoms in total. The maximum Gasteiger partial charge on any atom is 0.226 e. The molecule has 1 aromatic carbocycles. The van der Waals surface area contributed by atoms with E-state index >= 15 is 0 Å². The van der Waals surface area contributed by atoms with Gasteiger partial charge in [-0.1, -0.05) is 34.4 Å². The Kier molecular flexibility index (Phi) is 4.87. The molecular weight excluding hydrogens is 295 g/mol. The highest BCUT2D eigenvalue weighted by molar-refractivity contribution is 6.42. The van der Waals surface area contributed by atoms with Crippen LogP contribution in [0.5, 0.6) is 0 Å². The number of hydrogen-bond donors (Lipinski definition) is 0. The Balaban J connectivity index is 2.04. The maximum atomic E-state index is 5.94. The maximum absolute atomic E-state index is 5.94. The van der Waals surface area contributed by atoms with Crippen molar-refractivity contribution >= 4 is 34.8 Å². The SMILES string of the molecule is ClCCCc1nc(Cc2ccc(Cl)c(Cl)c2)no1. The number of alkyl halides is 1. The third kappa shape index (κ3) is 3.61. The van der Waals surface area contributed by atoms with Crippen molar-refractivity contribution in [3.63, 3.8) is 0 Å². The van der Waals surface area contributed by atoms with Crippen LogP contribution < -0.4 is 0 Å². The van der Waals surface area contributed by atoms with Gasteiger partial charge in [-0.2, -0.15) is 4.98 Å². The van der Waals surface area contributed by atoms with Crippen molar-refractivity contribution in [1.29, 1.82) is 0 Å². The normalized spacial score (nSPS) is 10.8. The van der Waals surface area contributed by atoms with E-state index in [0.29, 0.717) is 40.5 Å². The van der Waals surface area contributed by atoms with E-state index in [-0.39, 0.29) is 0 Å². The molecule has 1 heterocycles. The lowest BCUT2D eigenvalue weighted by Crippen LogP contribution is -1.92. The van der Waals surface area contributed by atoms with E-state index in [9.17, 15) is 0 Å². The van der Waals surface area contributed by atoms with Crippen molar-refractivity contribution in [2.24, 2.45) is 0 Å². The van der Waals surface area contributed by atoms with Gasteiger partial charge in [-0.05, 0) is 24.1 Å². The highest BCUT2D eigenvalue weighted by atomic mass is 35.5. The molecule has 0 amide bonds. The molecule has 0 atom stereocenters. The van der Waals surface area contributed by atoms with Crippen molar-refractivity contribution in [2.75, 3.05) is 5.88 Å². The molecule has 96 valence electrons.